The lowest BCUT2D eigenvalue weighted by Gasteiger charge is -2.46. The monoisotopic (exact) mass is 759 g/mol. The summed E-state index contributed by atoms with van der Waals surface area (Å²) in [6, 6.07) is 48.2. The van der Waals surface area contributed by atoms with E-state index in [1.165, 1.54) is 0 Å². The van der Waals surface area contributed by atoms with Gasteiger partial charge >= 0.3 is 0 Å². The molecule has 0 radical (unpaired) electrons. The van der Waals surface area contributed by atoms with E-state index in [4.69, 9.17) is 33.2 Å². The van der Waals surface area contributed by atoms with Gasteiger partial charge in [-0.15, -0.1) is 0 Å². The van der Waals surface area contributed by atoms with E-state index in [0.29, 0.717) is 13.2 Å². The Hall–Kier alpha value is -4.91. The Kier molecular flexibility index (Phi) is 16.4. The molecule has 6 rings (SSSR count). The smallest absolute Gasteiger partial charge is 0.186 e. The summed E-state index contributed by atoms with van der Waals surface area (Å²) in [4.78, 5) is 3.06. The van der Waals surface area contributed by atoms with Gasteiger partial charge in [0.15, 0.2) is 6.29 Å². The lowest BCUT2D eigenvalue weighted by molar-refractivity contribution is -0.329. The van der Waals surface area contributed by atoms with Crippen LogP contribution in [0.2, 0.25) is 0 Å². The Morgan fingerprint density at radius 2 is 0.982 bits per heavy atom. The summed E-state index contributed by atoms with van der Waals surface area (Å²) >= 11 is 0. The fourth-order valence-electron chi connectivity index (χ4n) is 6.42. The molecule has 7 atom stereocenters. The van der Waals surface area contributed by atoms with E-state index >= 15 is 0 Å². The number of azide groups is 1. The van der Waals surface area contributed by atoms with Crippen molar-refractivity contribution in [3.63, 3.8) is 0 Å². The van der Waals surface area contributed by atoms with Crippen LogP contribution in [0.25, 0.3) is 10.4 Å². The van der Waals surface area contributed by atoms with Crippen LogP contribution >= 0.6 is 0 Å². The van der Waals surface area contributed by atoms with E-state index < -0.39 is 49.5 Å². The minimum Gasteiger partial charge on any atom is -0.394 e. The van der Waals surface area contributed by atoms with Crippen molar-refractivity contribution in [2.45, 2.75) is 75.9 Å². The molecule has 5 aromatic carbocycles. The molecular weight excluding hydrogens is 711 g/mol. The highest BCUT2D eigenvalue weighted by Gasteiger charge is 2.49. The first-order valence-corrected chi connectivity index (χ1v) is 18.9. The molecule has 1 heterocycles. The van der Waals surface area contributed by atoms with Crippen molar-refractivity contribution in [2.24, 2.45) is 5.11 Å². The SMILES string of the molecule is [N-]=[N+]=N[C@@H](CO[C@H]1O[C@H](COCc2ccccc2)[C@H](OCc2ccccc2)[C@H](OCc2ccccc2)[C@H]1OCc1ccccc1)[C@@H](CO)OCc1ccccc1. The second-order valence-corrected chi connectivity index (χ2v) is 13.5. The number of benzene rings is 5. The van der Waals surface area contributed by atoms with Crippen LogP contribution in [0.3, 0.4) is 0 Å². The van der Waals surface area contributed by atoms with Crippen molar-refractivity contribution in [3.8, 4) is 0 Å². The largest absolute Gasteiger partial charge is 0.394 e. The van der Waals surface area contributed by atoms with Crippen molar-refractivity contribution < 1.29 is 38.3 Å². The molecule has 0 aromatic heterocycles. The maximum absolute atomic E-state index is 10.4. The zero-order chi connectivity index (χ0) is 38.6. The first-order chi connectivity index (χ1) is 27.7. The Labute approximate surface area is 328 Å². The van der Waals surface area contributed by atoms with Gasteiger partial charge in [-0.2, -0.15) is 0 Å². The summed E-state index contributed by atoms with van der Waals surface area (Å²) < 4.78 is 45.8. The molecule has 1 aliphatic heterocycles. The van der Waals surface area contributed by atoms with Gasteiger partial charge in [0, 0.05) is 4.91 Å². The second kappa shape index (κ2) is 22.6. The molecule has 1 saturated heterocycles. The lowest BCUT2D eigenvalue weighted by atomic mass is 9.97. The molecule has 0 spiro atoms. The van der Waals surface area contributed by atoms with E-state index in [1.54, 1.807) is 0 Å². The summed E-state index contributed by atoms with van der Waals surface area (Å²) in [6.07, 6.45) is -4.70. The summed E-state index contributed by atoms with van der Waals surface area (Å²) in [5.41, 5.74) is 14.4. The van der Waals surface area contributed by atoms with Crippen molar-refractivity contribution in [2.75, 3.05) is 19.8 Å². The van der Waals surface area contributed by atoms with Crippen LogP contribution in [-0.4, -0.2) is 67.8 Å². The number of nitrogens with zero attached hydrogens (tertiary/aromatic N) is 3. The highest BCUT2D eigenvalue weighted by atomic mass is 16.7. The summed E-state index contributed by atoms with van der Waals surface area (Å²) in [6.45, 7) is 0.991. The average molecular weight is 760 g/mol. The van der Waals surface area contributed by atoms with Gasteiger partial charge in [0.2, 0.25) is 0 Å². The minimum absolute atomic E-state index is 0.140. The van der Waals surface area contributed by atoms with Crippen molar-refractivity contribution in [1.82, 2.24) is 0 Å². The van der Waals surface area contributed by atoms with Crippen molar-refractivity contribution in [3.05, 3.63) is 190 Å². The number of rotatable bonds is 22. The van der Waals surface area contributed by atoms with Gasteiger partial charge in [0.05, 0.1) is 65.0 Å². The molecular formula is C45H49N3O8. The molecule has 0 bridgehead atoms. The molecule has 1 aliphatic rings. The predicted octanol–water partition coefficient (Wildman–Crippen LogP) is 7.96. The van der Waals surface area contributed by atoms with E-state index in [-0.39, 0.29) is 33.0 Å². The number of ether oxygens (including phenoxy) is 7. The predicted molar refractivity (Wildman–Crippen MR) is 211 cm³/mol. The Bertz CT molecular complexity index is 1850. The number of aliphatic hydroxyl groups is 1. The number of hydrogen-bond donors (Lipinski definition) is 1. The van der Waals surface area contributed by atoms with Crippen LogP contribution in [0.5, 0.6) is 0 Å². The molecule has 56 heavy (non-hydrogen) atoms. The third kappa shape index (κ3) is 12.6. The van der Waals surface area contributed by atoms with Crippen molar-refractivity contribution >= 4 is 0 Å². The molecule has 292 valence electrons. The van der Waals surface area contributed by atoms with Crippen LogP contribution in [0, 0.1) is 0 Å². The lowest BCUT2D eigenvalue weighted by Crippen LogP contribution is -2.62. The van der Waals surface area contributed by atoms with Crippen LogP contribution in [0.1, 0.15) is 27.8 Å². The third-order valence-corrected chi connectivity index (χ3v) is 9.39. The maximum Gasteiger partial charge on any atom is 0.186 e. The van der Waals surface area contributed by atoms with E-state index in [9.17, 15) is 10.6 Å². The molecule has 11 nitrogen and oxygen atoms in total. The number of aliphatic hydroxyl groups excluding tert-OH is 1. The van der Waals surface area contributed by atoms with Crippen LogP contribution in [0.15, 0.2) is 157 Å². The average Bonchev–Trinajstić information content (AvgIpc) is 3.25. The van der Waals surface area contributed by atoms with Crippen LogP contribution in [0.4, 0.5) is 0 Å². The standard InChI is InChI=1S/C45H49N3O8/c46-48-47-39(40(26-49)51-28-35-18-8-2-9-19-35)32-55-45-44(54-31-38-24-14-5-15-25-38)43(53-30-37-22-12-4-13-23-37)42(52-29-36-20-10-3-11-21-36)41(56-45)33-50-27-34-16-6-1-7-17-34/h1-25,39-45,49H,26-33H2/t39-,40+,41+,42-,43-,44+,45-/m0/s1. The quantitative estimate of drug-likeness (QED) is 0.0427. The highest BCUT2D eigenvalue weighted by molar-refractivity contribution is 5.17. The fraction of sp³-hybridized carbons (Fsp3) is 0.333. The molecule has 1 fully saturated rings. The summed E-state index contributed by atoms with van der Waals surface area (Å²) in [5.74, 6) is 0. The zero-order valence-electron chi connectivity index (χ0n) is 31.3. The molecule has 0 unspecified atom stereocenters. The van der Waals surface area contributed by atoms with Gasteiger partial charge in [-0.25, -0.2) is 0 Å². The number of hydrogen-bond acceptors (Lipinski definition) is 9. The first kappa shape index (κ1) is 40.7. The molecule has 1 N–H and O–H groups in total. The zero-order valence-corrected chi connectivity index (χ0v) is 31.3. The molecule has 0 aliphatic carbocycles. The normalized spacial score (nSPS) is 20.5. The topological polar surface area (TPSA) is 134 Å². The molecule has 5 aromatic rings. The maximum atomic E-state index is 10.4. The fourth-order valence-corrected chi connectivity index (χ4v) is 6.42. The van der Waals surface area contributed by atoms with Crippen LogP contribution in [-0.2, 0) is 66.2 Å². The third-order valence-electron chi connectivity index (χ3n) is 9.39. The summed E-state index contributed by atoms with van der Waals surface area (Å²) in [7, 11) is 0. The molecule has 11 heteroatoms. The van der Waals surface area contributed by atoms with E-state index in [0.717, 1.165) is 27.8 Å². The Balaban J connectivity index is 1.29. The second-order valence-electron chi connectivity index (χ2n) is 13.5. The van der Waals surface area contributed by atoms with Gasteiger partial charge in [0.1, 0.15) is 24.4 Å². The highest BCUT2D eigenvalue weighted by Crippen LogP contribution is 2.32. The Morgan fingerprint density at radius 3 is 1.45 bits per heavy atom. The van der Waals surface area contributed by atoms with Gasteiger partial charge in [-0.1, -0.05) is 157 Å². The van der Waals surface area contributed by atoms with Gasteiger partial charge in [-0.3, -0.25) is 0 Å². The van der Waals surface area contributed by atoms with Crippen LogP contribution < -0.4 is 0 Å². The van der Waals surface area contributed by atoms with Gasteiger partial charge < -0.3 is 38.3 Å². The first-order valence-electron chi connectivity index (χ1n) is 18.9. The van der Waals surface area contributed by atoms with Crippen molar-refractivity contribution in [1.29, 1.82) is 0 Å². The summed E-state index contributed by atoms with van der Waals surface area (Å²) in [5, 5.41) is 14.3. The van der Waals surface area contributed by atoms with E-state index in [1.807, 2.05) is 152 Å². The molecule has 0 saturated carbocycles. The molecule has 0 amide bonds. The van der Waals surface area contributed by atoms with Gasteiger partial charge in [0.25, 0.3) is 0 Å². The Morgan fingerprint density at radius 1 is 0.554 bits per heavy atom. The van der Waals surface area contributed by atoms with E-state index in [2.05, 4.69) is 10.0 Å². The minimum atomic E-state index is -1.02. The van der Waals surface area contributed by atoms with Gasteiger partial charge in [-0.05, 0) is 33.3 Å².